The molecular formula is C21H21N3OS. The van der Waals surface area contributed by atoms with Crippen LogP contribution in [0.15, 0.2) is 70.1 Å². The number of nitrogens with zero attached hydrogens (tertiary/aromatic N) is 3. The molecule has 0 saturated carbocycles. The van der Waals surface area contributed by atoms with Gasteiger partial charge in [0.25, 0.3) is 0 Å². The van der Waals surface area contributed by atoms with Crippen LogP contribution in [0.3, 0.4) is 0 Å². The molecule has 1 aliphatic carbocycles. The first kappa shape index (κ1) is 16.9. The lowest BCUT2D eigenvalue weighted by Gasteiger charge is -2.06. The van der Waals surface area contributed by atoms with E-state index in [1.54, 1.807) is 18.4 Å². The topological polar surface area (TPSA) is 38.9 Å². The second-order valence-electron chi connectivity index (χ2n) is 6.16. The number of benzene rings is 2. The lowest BCUT2D eigenvalue weighted by Crippen LogP contribution is -2.15. The molecule has 0 bridgehead atoms. The Labute approximate surface area is 157 Å². The van der Waals surface area contributed by atoms with Gasteiger partial charge in [0, 0.05) is 23.6 Å². The number of thiazole rings is 1. The molecule has 0 radical (unpaired) electrons. The summed E-state index contributed by atoms with van der Waals surface area (Å²) in [5.41, 5.74) is 5.98. The zero-order chi connectivity index (χ0) is 17.8. The molecule has 4 nitrogen and oxygen atoms in total. The Kier molecular flexibility index (Phi) is 5.09. The molecule has 0 unspecified atom stereocenters. The third-order valence-electron chi connectivity index (χ3n) is 4.48. The molecule has 0 saturated heterocycles. The molecule has 1 heterocycles. The van der Waals surface area contributed by atoms with Crippen molar-refractivity contribution in [2.75, 3.05) is 20.3 Å². The fourth-order valence-electron chi connectivity index (χ4n) is 3.18. The number of aryl methyl sites for hydroxylation is 1. The third-order valence-corrected chi connectivity index (χ3v) is 5.33. The summed E-state index contributed by atoms with van der Waals surface area (Å²) in [7, 11) is 1.70. The van der Waals surface area contributed by atoms with E-state index in [1.165, 1.54) is 11.1 Å². The van der Waals surface area contributed by atoms with Gasteiger partial charge < -0.3 is 4.74 Å². The van der Waals surface area contributed by atoms with Gasteiger partial charge in [0.05, 0.1) is 24.6 Å². The van der Waals surface area contributed by atoms with E-state index < -0.39 is 0 Å². The molecule has 132 valence electrons. The van der Waals surface area contributed by atoms with Crippen molar-refractivity contribution < 1.29 is 4.74 Å². The van der Waals surface area contributed by atoms with Gasteiger partial charge in [0.2, 0.25) is 4.80 Å². The summed E-state index contributed by atoms with van der Waals surface area (Å²) in [5.74, 6) is 0. The lowest BCUT2D eigenvalue weighted by atomic mass is 10.1. The monoisotopic (exact) mass is 363 g/mol. The van der Waals surface area contributed by atoms with Crippen molar-refractivity contribution in [3.8, 4) is 11.3 Å². The van der Waals surface area contributed by atoms with Gasteiger partial charge in [0.15, 0.2) is 0 Å². The molecule has 0 spiro atoms. The van der Waals surface area contributed by atoms with Gasteiger partial charge in [-0.25, -0.2) is 4.68 Å². The van der Waals surface area contributed by atoms with E-state index in [-0.39, 0.29) is 0 Å². The number of hydrogen-bond acceptors (Lipinski definition) is 4. The first-order valence-electron chi connectivity index (χ1n) is 8.78. The Morgan fingerprint density at radius 2 is 1.85 bits per heavy atom. The average molecular weight is 363 g/mol. The Hall–Kier alpha value is -2.50. The summed E-state index contributed by atoms with van der Waals surface area (Å²) in [6.45, 7) is 1.24. The van der Waals surface area contributed by atoms with Gasteiger partial charge in [-0.2, -0.15) is 5.10 Å². The van der Waals surface area contributed by atoms with Crippen molar-refractivity contribution in [3.05, 3.63) is 75.9 Å². The third kappa shape index (κ3) is 3.41. The minimum atomic E-state index is 0.609. The first-order valence-corrected chi connectivity index (χ1v) is 9.66. The molecule has 5 heteroatoms. The van der Waals surface area contributed by atoms with Crippen LogP contribution in [-0.2, 0) is 11.2 Å². The zero-order valence-electron chi connectivity index (χ0n) is 14.8. The summed E-state index contributed by atoms with van der Waals surface area (Å²) in [4.78, 5) is 5.59. The average Bonchev–Trinajstić information content (AvgIpc) is 3.28. The molecule has 0 amide bonds. The van der Waals surface area contributed by atoms with E-state index in [0.29, 0.717) is 13.2 Å². The molecule has 3 aromatic rings. The van der Waals surface area contributed by atoms with E-state index in [9.17, 15) is 0 Å². The van der Waals surface area contributed by atoms with Crippen LogP contribution in [0.2, 0.25) is 0 Å². The molecule has 1 aliphatic rings. The van der Waals surface area contributed by atoms with E-state index in [2.05, 4.69) is 58.9 Å². The predicted octanol–water partition coefficient (Wildman–Crippen LogP) is 3.96. The zero-order valence-corrected chi connectivity index (χ0v) is 15.6. The largest absolute Gasteiger partial charge is 0.383 e. The first-order chi connectivity index (χ1) is 12.9. The number of fused-ring (bicyclic) bond motifs is 1. The van der Waals surface area contributed by atoms with Crippen LogP contribution in [0, 0.1) is 0 Å². The van der Waals surface area contributed by atoms with Crippen LogP contribution >= 0.6 is 11.3 Å². The highest BCUT2D eigenvalue weighted by molar-refractivity contribution is 7.07. The Morgan fingerprint density at radius 1 is 1.04 bits per heavy atom. The Balaban J connectivity index is 1.82. The summed E-state index contributed by atoms with van der Waals surface area (Å²) < 4.78 is 7.13. The molecule has 26 heavy (non-hydrogen) atoms. The predicted molar refractivity (Wildman–Crippen MR) is 107 cm³/mol. The van der Waals surface area contributed by atoms with E-state index >= 15 is 0 Å². The van der Waals surface area contributed by atoms with Crippen LogP contribution < -0.4 is 4.80 Å². The van der Waals surface area contributed by atoms with Crippen LogP contribution in [0.25, 0.3) is 11.3 Å². The molecule has 2 aromatic carbocycles. The molecule has 0 N–H and O–H groups in total. The van der Waals surface area contributed by atoms with Crippen LogP contribution in [0.1, 0.15) is 17.5 Å². The SMILES string of the molecule is COCCN=c1scc(-c2ccccc2)n1/N=C1\CCc2ccccc21. The van der Waals surface area contributed by atoms with Gasteiger partial charge >= 0.3 is 0 Å². The van der Waals surface area contributed by atoms with Crippen molar-refractivity contribution in [3.63, 3.8) is 0 Å². The summed E-state index contributed by atoms with van der Waals surface area (Å²) >= 11 is 1.62. The summed E-state index contributed by atoms with van der Waals surface area (Å²) in [6, 6.07) is 18.9. The van der Waals surface area contributed by atoms with Crippen molar-refractivity contribution >= 4 is 17.0 Å². The molecule has 0 aliphatic heterocycles. The molecular weight excluding hydrogens is 342 g/mol. The molecule has 1 aromatic heterocycles. The fraction of sp³-hybridized carbons (Fsp3) is 0.238. The Bertz CT molecular complexity index is 986. The lowest BCUT2D eigenvalue weighted by molar-refractivity contribution is 0.207. The minimum absolute atomic E-state index is 0.609. The van der Waals surface area contributed by atoms with Gasteiger partial charge in [-0.15, -0.1) is 11.3 Å². The molecule has 4 rings (SSSR count). The smallest absolute Gasteiger partial charge is 0.206 e. The Morgan fingerprint density at radius 3 is 2.69 bits per heavy atom. The van der Waals surface area contributed by atoms with Gasteiger partial charge in [-0.05, 0) is 18.4 Å². The maximum absolute atomic E-state index is 5.14. The molecule has 0 fully saturated rings. The maximum Gasteiger partial charge on any atom is 0.206 e. The van der Waals surface area contributed by atoms with Gasteiger partial charge in [0.1, 0.15) is 0 Å². The van der Waals surface area contributed by atoms with E-state index in [0.717, 1.165) is 34.6 Å². The van der Waals surface area contributed by atoms with Crippen LogP contribution in [0.4, 0.5) is 0 Å². The summed E-state index contributed by atoms with van der Waals surface area (Å²) in [6.07, 6.45) is 2.02. The van der Waals surface area contributed by atoms with Crippen molar-refractivity contribution in [2.24, 2.45) is 10.1 Å². The maximum atomic E-state index is 5.14. The van der Waals surface area contributed by atoms with Crippen molar-refractivity contribution in [1.29, 1.82) is 0 Å². The minimum Gasteiger partial charge on any atom is -0.383 e. The summed E-state index contributed by atoms with van der Waals surface area (Å²) in [5, 5.41) is 7.15. The van der Waals surface area contributed by atoms with Crippen LogP contribution in [0.5, 0.6) is 0 Å². The van der Waals surface area contributed by atoms with Crippen molar-refractivity contribution in [2.45, 2.75) is 12.8 Å². The van der Waals surface area contributed by atoms with E-state index in [4.69, 9.17) is 9.84 Å². The van der Waals surface area contributed by atoms with Crippen molar-refractivity contribution in [1.82, 2.24) is 4.68 Å². The fourth-order valence-corrected chi connectivity index (χ4v) is 4.03. The van der Waals surface area contributed by atoms with Gasteiger partial charge in [-0.3, -0.25) is 4.99 Å². The number of hydrogen-bond donors (Lipinski definition) is 0. The number of aromatic nitrogens is 1. The van der Waals surface area contributed by atoms with Gasteiger partial charge in [-0.1, -0.05) is 54.6 Å². The highest BCUT2D eigenvalue weighted by Gasteiger charge is 2.18. The number of rotatable bonds is 5. The highest BCUT2D eigenvalue weighted by atomic mass is 32.1. The highest BCUT2D eigenvalue weighted by Crippen LogP contribution is 2.24. The number of methoxy groups -OCH3 is 1. The van der Waals surface area contributed by atoms with E-state index in [1.807, 2.05) is 10.7 Å². The quantitative estimate of drug-likeness (QED) is 0.632. The normalized spacial score (nSPS) is 15.6. The standard InChI is InChI=1S/C21H21N3OS/c1-25-14-13-22-21-24(20(15-26-21)17-8-3-2-4-9-17)23-19-12-11-16-7-5-6-10-18(16)19/h2-10,15H,11-14H2,1H3/b22-21?,23-19+. The second kappa shape index (κ2) is 7.81. The number of ether oxygens (including phenoxy) is 1. The second-order valence-corrected chi connectivity index (χ2v) is 7.00. The molecule has 0 atom stereocenters. The van der Waals surface area contributed by atoms with Crippen LogP contribution in [-0.4, -0.2) is 30.6 Å².